The Kier molecular flexibility index (Phi) is 6.50. The number of benzene rings is 2. The first-order valence-corrected chi connectivity index (χ1v) is 9.14. The average Bonchev–Trinajstić information content (AvgIpc) is 2.69. The van der Waals surface area contributed by atoms with Crippen LogP contribution in [0.1, 0.15) is 18.1 Å². The normalized spacial score (nSPS) is 15.4. The van der Waals surface area contributed by atoms with Crippen molar-refractivity contribution in [3.8, 4) is 11.5 Å². The van der Waals surface area contributed by atoms with Crippen LogP contribution in [0.5, 0.6) is 11.5 Å². The fraction of sp³-hybridized carbons (Fsp3) is 0.381. The summed E-state index contributed by atoms with van der Waals surface area (Å²) >= 11 is 0. The SMILES string of the molecule is CCOc1ccc(/C=N\N2CCN(Cc3ccccc3)CC2)cc1OC. The fourth-order valence-electron chi connectivity index (χ4n) is 3.04. The van der Waals surface area contributed by atoms with Crippen LogP contribution in [0.25, 0.3) is 0 Å². The van der Waals surface area contributed by atoms with E-state index in [4.69, 9.17) is 9.47 Å². The van der Waals surface area contributed by atoms with Crippen molar-refractivity contribution in [2.24, 2.45) is 5.10 Å². The van der Waals surface area contributed by atoms with Crippen LogP contribution in [0.4, 0.5) is 0 Å². The predicted molar refractivity (Wildman–Crippen MR) is 105 cm³/mol. The zero-order chi connectivity index (χ0) is 18.2. The molecule has 1 fully saturated rings. The molecule has 0 amide bonds. The second-order valence-electron chi connectivity index (χ2n) is 6.30. The van der Waals surface area contributed by atoms with Gasteiger partial charge in [-0.2, -0.15) is 5.10 Å². The molecule has 1 aliphatic rings. The molecule has 0 radical (unpaired) electrons. The van der Waals surface area contributed by atoms with E-state index < -0.39 is 0 Å². The van der Waals surface area contributed by atoms with Crippen LogP contribution in [-0.2, 0) is 6.54 Å². The number of ether oxygens (including phenoxy) is 2. The summed E-state index contributed by atoms with van der Waals surface area (Å²) in [5.74, 6) is 1.50. The van der Waals surface area contributed by atoms with Gasteiger partial charge in [-0.15, -0.1) is 0 Å². The Balaban J connectivity index is 1.52. The molecular weight excluding hydrogens is 326 g/mol. The average molecular weight is 353 g/mol. The molecule has 0 saturated carbocycles. The van der Waals surface area contributed by atoms with Crippen molar-refractivity contribution >= 4 is 6.21 Å². The number of methoxy groups -OCH3 is 1. The van der Waals surface area contributed by atoms with Crippen LogP contribution < -0.4 is 9.47 Å². The van der Waals surface area contributed by atoms with Crippen LogP contribution in [0.15, 0.2) is 53.6 Å². The summed E-state index contributed by atoms with van der Waals surface area (Å²) in [6.07, 6.45) is 1.89. The number of piperazine rings is 1. The van der Waals surface area contributed by atoms with E-state index in [1.54, 1.807) is 7.11 Å². The van der Waals surface area contributed by atoms with E-state index in [1.807, 2.05) is 31.3 Å². The first-order chi connectivity index (χ1) is 12.8. The lowest BCUT2D eigenvalue weighted by atomic mass is 10.2. The quantitative estimate of drug-likeness (QED) is 0.716. The van der Waals surface area contributed by atoms with E-state index in [2.05, 4.69) is 45.3 Å². The van der Waals surface area contributed by atoms with Crippen molar-refractivity contribution in [1.82, 2.24) is 9.91 Å². The predicted octanol–water partition coefficient (Wildman–Crippen LogP) is 3.25. The molecule has 3 rings (SSSR count). The molecule has 5 heteroatoms. The van der Waals surface area contributed by atoms with Gasteiger partial charge in [0.1, 0.15) is 0 Å². The van der Waals surface area contributed by atoms with E-state index in [9.17, 15) is 0 Å². The van der Waals surface area contributed by atoms with Gasteiger partial charge in [0.2, 0.25) is 0 Å². The lowest BCUT2D eigenvalue weighted by Crippen LogP contribution is -2.43. The monoisotopic (exact) mass is 353 g/mol. The van der Waals surface area contributed by atoms with E-state index in [1.165, 1.54) is 5.56 Å². The van der Waals surface area contributed by atoms with E-state index in [0.29, 0.717) is 6.61 Å². The molecule has 0 N–H and O–H groups in total. The van der Waals surface area contributed by atoms with Gasteiger partial charge in [0.25, 0.3) is 0 Å². The van der Waals surface area contributed by atoms with Crippen molar-refractivity contribution in [3.05, 3.63) is 59.7 Å². The van der Waals surface area contributed by atoms with Gasteiger partial charge in [0.15, 0.2) is 11.5 Å². The Morgan fingerprint density at radius 3 is 2.46 bits per heavy atom. The van der Waals surface area contributed by atoms with Gasteiger partial charge >= 0.3 is 0 Å². The van der Waals surface area contributed by atoms with Gasteiger partial charge in [-0.25, -0.2) is 0 Å². The number of hydrogen-bond acceptors (Lipinski definition) is 5. The van der Waals surface area contributed by atoms with Crippen molar-refractivity contribution in [1.29, 1.82) is 0 Å². The van der Waals surface area contributed by atoms with Crippen molar-refractivity contribution in [2.45, 2.75) is 13.5 Å². The molecule has 2 aromatic carbocycles. The molecule has 1 heterocycles. The maximum Gasteiger partial charge on any atom is 0.161 e. The van der Waals surface area contributed by atoms with Gasteiger partial charge in [-0.3, -0.25) is 9.91 Å². The standard InChI is InChI=1S/C21H27N3O2/c1-3-26-20-10-9-19(15-21(20)25-2)16-22-24-13-11-23(12-14-24)17-18-7-5-4-6-8-18/h4-10,15-16H,3,11-14,17H2,1-2H3/b22-16-. The highest BCUT2D eigenvalue weighted by Gasteiger charge is 2.15. The topological polar surface area (TPSA) is 37.3 Å². The summed E-state index contributed by atoms with van der Waals surface area (Å²) in [6.45, 7) is 7.53. The molecule has 0 atom stereocenters. The summed E-state index contributed by atoms with van der Waals surface area (Å²) in [6, 6.07) is 16.5. The summed E-state index contributed by atoms with van der Waals surface area (Å²) in [5.41, 5.74) is 2.38. The molecule has 1 saturated heterocycles. The third kappa shape index (κ3) is 4.99. The molecular formula is C21H27N3O2. The zero-order valence-corrected chi connectivity index (χ0v) is 15.6. The Morgan fingerprint density at radius 1 is 1.00 bits per heavy atom. The third-order valence-corrected chi connectivity index (χ3v) is 4.46. The van der Waals surface area contributed by atoms with Gasteiger partial charge in [0, 0.05) is 32.7 Å². The van der Waals surface area contributed by atoms with Gasteiger partial charge in [-0.05, 0) is 36.2 Å². The maximum absolute atomic E-state index is 5.55. The number of nitrogens with zero attached hydrogens (tertiary/aromatic N) is 3. The minimum absolute atomic E-state index is 0.622. The van der Waals surface area contributed by atoms with Crippen LogP contribution in [-0.4, -0.2) is 56.0 Å². The molecule has 5 nitrogen and oxygen atoms in total. The Hall–Kier alpha value is -2.53. The van der Waals surface area contributed by atoms with Crippen LogP contribution in [0.2, 0.25) is 0 Å². The van der Waals surface area contributed by atoms with E-state index in [-0.39, 0.29) is 0 Å². The summed E-state index contributed by atoms with van der Waals surface area (Å²) in [5, 5.41) is 6.76. The molecule has 2 aromatic rings. The molecule has 0 bridgehead atoms. The van der Waals surface area contributed by atoms with Gasteiger partial charge < -0.3 is 9.47 Å². The largest absolute Gasteiger partial charge is 0.493 e. The first kappa shape index (κ1) is 18.3. The minimum atomic E-state index is 0.622. The van der Waals surface area contributed by atoms with Crippen LogP contribution in [0.3, 0.4) is 0 Å². The Labute approximate surface area is 155 Å². The van der Waals surface area contributed by atoms with E-state index in [0.717, 1.165) is 49.8 Å². The number of hydrazone groups is 1. The minimum Gasteiger partial charge on any atom is -0.493 e. The molecule has 1 aliphatic heterocycles. The second-order valence-corrected chi connectivity index (χ2v) is 6.30. The lowest BCUT2D eigenvalue weighted by Gasteiger charge is -2.33. The highest BCUT2D eigenvalue weighted by molar-refractivity contribution is 5.80. The Morgan fingerprint density at radius 2 is 1.77 bits per heavy atom. The van der Waals surface area contributed by atoms with Crippen molar-refractivity contribution < 1.29 is 9.47 Å². The second kappa shape index (κ2) is 9.25. The zero-order valence-electron chi connectivity index (χ0n) is 15.6. The molecule has 0 aromatic heterocycles. The molecule has 0 unspecified atom stereocenters. The summed E-state index contributed by atoms with van der Waals surface area (Å²) in [4.78, 5) is 2.47. The summed E-state index contributed by atoms with van der Waals surface area (Å²) < 4.78 is 10.9. The molecule has 0 spiro atoms. The molecule has 26 heavy (non-hydrogen) atoms. The van der Waals surface area contributed by atoms with Crippen molar-refractivity contribution in [3.63, 3.8) is 0 Å². The highest BCUT2D eigenvalue weighted by atomic mass is 16.5. The lowest BCUT2D eigenvalue weighted by molar-refractivity contribution is 0.131. The fourth-order valence-corrected chi connectivity index (χ4v) is 3.04. The highest BCUT2D eigenvalue weighted by Crippen LogP contribution is 2.27. The van der Waals surface area contributed by atoms with E-state index >= 15 is 0 Å². The van der Waals surface area contributed by atoms with Crippen LogP contribution in [0, 0.1) is 0 Å². The van der Waals surface area contributed by atoms with Crippen LogP contribution >= 0.6 is 0 Å². The number of rotatable bonds is 7. The maximum atomic E-state index is 5.55. The van der Waals surface area contributed by atoms with Gasteiger partial charge in [-0.1, -0.05) is 30.3 Å². The Bertz CT molecular complexity index is 710. The van der Waals surface area contributed by atoms with Crippen molar-refractivity contribution in [2.75, 3.05) is 39.9 Å². The smallest absolute Gasteiger partial charge is 0.161 e. The number of hydrogen-bond donors (Lipinski definition) is 0. The first-order valence-electron chi connectivity index (χ1n) is 9.14. The molecule has 138 valence electrons. The van der Waals surface area contributed by atoms with Gasteiger partial charge in [0.05, 0.1) is 19.9 Å². The third-order valence-electron chi connectivity index (χ3n) is 4.46. The summed E-state index contributed by atoms with van der Waals surface area (Å²) in [7, 11) is 1.66. The molecule has 0 aliphatic carbocycles.